The van der Waals surface area contributed by atoms with Crippen molar-refractivity contribution >= 4 is 0 Å². The summed E-state index contributed by atoms with van der Waals surface area (Å²) in [5, 5.41) is 19.0. The van der Waals surface area contributed by atoms with E-state index in [0.29, 0.717) is 0 Å². The molecule has 0 aliphatic heterocycles. The summed E-state index contributed by atoms with van der Waals surface area (Å²) in [7, 11) is 0. The molecule has 0 heterocycles. The number of hydrogen-bond donors (Lipinski definition) is 2. The zero-order valence-electron chi connectivity index (χ0n) is 10.7. The second-order valence-corrected chi connectivity index (χ2v) is 5.19. The Labute approximate surface area is 122 Å². The maximum Gasteiger partial charge on any atom is 0.420 e. The monoisotopic (exact) mass is 354 g/mol. The van der Waals surface area contributed by atoms with Crippen LogP contribution in [0.2, 0.25) is 0 Å². The van der Waals surface area contributed by atoms with Gasteiger partial charge in [-0.25, -0.2) is 0 Å². The maximum atomic E-state index is 12.6. The number of benzene rings is 1. The molecule has 2 nitrogen and oxygen atoms in total. The van der Waals surface area contributed by atoms with Crippen LogP contribution < -0.4 is 0 Å². The minimum atomic E-state index is -5.42. The number of hydrogen-bond acceptors (Lipinski definition) is 2. The van der Waals surface area contributed by atoms with Crippen molar-refractivity contribution in [1.82, 2.24) is 0 Å². The normalized spacial score (nSPS) is 28.8. The highest BCUT2D eigenvalue weighted by Gasteiger charge is 2.80. The Morgan fingerprint density at radius 3 is 1.39 bits per heavy atom. The molecule has 1 saturated carbocycles. The molecule has 1 aliphatic rings. The van der Waals surface area contributed by atoms with Gasteiger partial charge in [0.2, 0.25) is 0 Å². The lowest BCUT2D eigenvalue weighted by molar-refractivity contribution is -0.240. The van der Waals surface area contributed by atoms with Crippen molar-refractivity contribution in [1.29, 1.82) is 0 Å². The fourth-order valence-corrected chi connectivity index (χ4v) is 2.20. The number of alkyl halides is 9. The van der Waals surface area contributed by atoms with Crippen LogP contribution in [0.25, 0.3) is 0 Å². The van der Waals surface area contributed by atoms with Gasteiger partial charge in [-0.05, 0) is 23.8 Å². The topological polar surface area (TPSA) is 40.5 Å². The van der Waals surface area contributed by atoms with Gasteiger partial charge in [0.05, 0.1) is 11.1 Å². The summed E-state index contributed by atoms with van der Waals surface area (Å²) >= 11 is 0. The molecule has 1 aliphatic carbocycles. The molecule has 0 radical (unpaired) electrons. The average Bonchev–Trinajstić information content (AvgIpc) is 2.92. The van der Waals surface area contributed by atoms with E-state index in [-0.39, 0.29) is 18.2 Å². The van der Waals surface area contributed by atoms with Crippen molar-refractivity contribution in [2.75, 3.05) is 0 Å². The van der Waals surface area contributed by atoms with Gasteiger partial charge in [-0.1, -0.05) is 0 Å². The summed E-state index contributed by atoms with van der Waals surface area (Å²) in [6.45, 7) is 0. The van der Waals surface area contributed by atoms with E-state index in [4.69, 9.17) is 0 Å². The van der Waals surface area contributed by atoms with Gasteiger partial charge in [-0.3, -0.25) is 0 Å². The van der Waals surface area contributed by atoms with E-state index in [0.717, 1.165) is 0 Å². The third kappa shape index (κ3) is 2.75. The van der Waals surface area contributed by atoms with Crippen LogP contribution in [0.15, 0.2) is 18.2 Å². The van der Waals surface area contributed by atoms with E-state index in [1.807, 2.05) is 0 Å². The van der Waals surface area contributed by atoms with Crippen LogP contribution in [-0.4, -0.2) is 22.0 Å². The van der Waals surface area contributed by atoms with Crippen LogP contribution in [-0.2, 0) is 18.0 Å². The highest BCUT2D eigenvalue weighted by atomic mass is 19.4. The molecule has 0 aromatic heterocycles. The molecule has 0 amide bonds. The molecule has 0 saturated heterocycles. The fraction of sp³-hybridized carbons (Fsp3) is 0.500. The van der Waals surface area contributed by atoms with Gasteiger partial charge in [-0.15, -0.1) is 0 Å². The van der Waals surface area contributed by atoms with Gasteiger partial charge in [0.25, 0.3) is 0 Å². The van der Waals surface area contributed by atoms with Crippen molar-refractivity contribution < 1.29 is 49.7 Å². The first-order chi connectivity index (χ1) is 10.0. The molecule has 1 aromatic carbocycles. The van der Waals surface area contributed by atoms with Gasteiger partial charge in [0, 0.05) is 6.42 Å². The second kappa shape index (κ2) is 4.53. The molecular weight excluding hydrogens is 347 g/mol. The van der Waals surface area contributed by atoms with Crippen molar-refractivity contribution in [3.05, 3.63) is 34.9 Å². The van der Waals surface area contributed by atoms with Crippen LogP contribution in [0.5, 0.6) is 0 Å². The summed E-state index contributed by atoms with van der Waals surface area (Å²) in [5.41, 5.74) is -12.1. The molecule has 2 N–H and O–H groups in total. The van der Waals surface area contributed by atoms with Gasteiger partial charge in [-0.2, -0.15) is 39.5 Å². The van der Waals surface area contributed by atoms with E-state index < -0.39 is 52.8 Å². The Morgan fingerprint density at radius 2 is 1.13 bits per heavy atom. The zero-order chi connectivity index (χ0) is 18.1. The molecule has 2 atom stereocenters. The van der Waals surface area contributed by atoms with Crippen LogP contribution in [0.3, 0.4) is 0 Å². The van der Waals surface area contributed by atoms with Crippen molar-refractivity contribution in [3.8, 4) is 0 Å². The molecule has 0 spiro atoms. The second-order valence-electron chi connectivity index (χ2n) is 5.19. The van der Waals surface area contributed by atoms with Crippen molar-refractivity contribution in [2.45, 2.75) is 36.2 Å². The molecule has 130 valence electrons. The van der Waals surface area contributed by atoms with E-state index in [9.17, 15) is 49.7 Å². The highest BCUT2D eigenvalue weighted by Crippen LogP contribution is 2.63. The molecular formula is C12H7F9O2. The quantitative estimate of drug-likeness (QED) is 0.757. The van der Waals surface area contributed by atoms with E-state index in [2.05, 4.69) is 0 Å². The molecule has 0 bridgehead atoms. The van der Waals surface area contributed by atoms with E-state index in [1.54, 1.807) is 0 Å². The lowest BCUT2D eigenvalue weighted by Gasteiger charge is -2.22. The predicted molar refractivity (Wildman–Crippen MR) is 56.0 cm³/mol. The average molecular weight is 354 g/mol. The lowest BCUT2D eigenvalue weighted by atomic mass is 9.97. The van der Waals surface area contributed by atoms with Crippen LogP contribution in [0.1, 0.15) is 23.1 Å². The molecule has 11 heteroatoms. The van der Waals surface area contributed by atoms with E-state index in [1.165, 1.54) is 0 Å². The Hall–Kier alpha value is -1.49. The summed E-state index contributed by atoms with van der Waals surface area (Å²) in [4.78, 5) is 0. The Kier molecular flexibility index (Phi) is 3.52. The van der Waals surface area contributed by atoms with Crippen LogP contribution >= 0.6 is 0 Å². The molecule has 23 heavy (non-hydrogen) atoms. The van der Waals surface area contributed by atoms with Crippen LogP contribution in [0.4, 0.5) is 39.5 Å². The summed E-state index contributed by atoms with van der Waals surface area (Å²) < 4.78 is 114. The van der Waals surface area contributed by atoms with E-state index >= 15 is 0 Å². The summed E-state index contributed by atoms with van der Waals surface area (Å²) in [6.07, 6.45) is -17.4. The highest BCUT2D eigenvalue weighted by molar-refractivity contribution is 5.43. The molecule has 2 rings (SSSR count). The first-order valence-corrected chi connectivity index (χ1v) is 5.84. The third-order valence-electron chi connectivity index (χ3n) is 3.61. The smallest absolute Gasteiger partial charge is 0.382 e. The third-order valence-corrected chi connectivity index (χ3v) is 3.61. The predicted octanol–water partition coefficient (Wildman–Crippen LogP) is 3.61. The first kappa shape index (κ1) is 17.9. The molecule has 1 fully saturated rings. The lowest BCUT2D eigenvalue weighted by Crippen LogP contribution is -2.39. The SMILES string of the molecule is OC1(C(F)(F)F)C[C@]1(O)c1cc(C(F)(F)F)cc(C(F)(F)F)c1. The zero-order valence-corrected chi connectivity index (χ0v) is 10.7. The maximum absolute atomic E-state index is 12.6. The number of rotatable bonds is 1. The van der Waals surface area contributed by atoms with Crippen molar-refractivity contribution in [2.24, 2.45) is 0 Å². The molecule has 1 aromatic rings. The fourth-order valence-electron chi connectivity index (χ4n) is 2.20. The van der Waals surface area contributed by atoms with Gasteiger partial charge < -0.3 is 10.2 Å². The van der Waals surface area contributed by atoms with Gasteiger partial charge in [0.1, 0.15) is 5.60 Å². The Bertz CT molecular complexity index is 599. The minimum Gasteiger partial charge on any atom is -0.382 e. The number of aliphatic hydroxyl groups is 2. The summed E-state index contributed by atoms with van der Waals surface area (Å²) in [6, 6.07) is -0.375. The summed E-state index contributed by atoms with van der Waals surface area (Å²) in [5.74, 6) is 0. The largest absolute Gasteiger partial charge is 0.420 e. The Morgan fingerprint density at radius 1 is 0.739 bits per heavy atom. The Balaban J connectivity index is 2.61. The van der Waals surface area contributed by atoms with Gasteiger partial charge >= 0.3 is 18.5 Å². The van der Waals surface area contributed by atoms with Crippen molar-refractivity contribution in [3.63, 3.8) is 0 Å². The molecule has 1 unspecified atom stereocenters. The van der Waals surface area contributed by atoms with Crippen LogP contribution in [0, 0.1) is 0 Å². The van der Waals surface area contributed by atoms with Gasteiger partial charge in [0.15, 0.2) is 5.60 Å². The first-order valence-electron chi connectivity index (χ1n) is 5.84. The minimum absolute atomic E-state index is 0.0427. The number of halogens is 9. The standard InChI is InChI=1S/C12H7F9O2/c13-10(14,15)6-1-5(2-7(3-6)11(16,17)18)8(22)4-9(8,23)12(19,20)21/h1-3,22-23H,4H2/t8-,9?/m0/s1.